The lowest BCUT2D eigenvalue weighted by Crippen LogP contribution is -2.00. The first-order valence-electron chi connectivity index (χ1n) is 5.50. The van der Waals surface area contributed by atoms with Crippen molar-refractivity contribution in [3.8, 4) is 0 Å². The molecule has 0 unspecified atom stereocenters. The van der Waals surface area contributed by atoms with E-state index in [4.69, 9.17) is 11.6 Å². The summed E-state index contributed by atoms with van der Waals surface area (Å²) in [6.45, 7) is 2.77. The van der Waals surface area contributed by atoms with Gasteiger partial charge in [-0.1, -0.05) is 23.7 Å². The molecule has 4 heteroatoms. The van der Waals surface area contributed by atoms with Crippen LogP contribution in [0.2, 0.25) is 5.02 Å². The van der Waals surface area contributed by atoms with Crippen molar-refractivity contribution in [3.63, 3.8) is 0 Å². The average Bonchev–Trinajstić information content (AvgIpc) is 2.32. The lowest BCUT2D eigenvalue weighted by atomic mass is 10.2. The maximum Gasteiger partial charge on any atom is 0.0640 e. The number of rotatable bonds is 3. The summed E-state index contributed by atoms with van der Waals surface area (Å²) in [5, 5.41) is 4.09. The van der Waals surface area contributed by atoms with Crippen LogP contribution >= 0.6 is 43.5 Å². The zero-order valence-corrected chi connectivity index (χ0v) is 13.7. The number of aryl methyl sites for hydroxylation is 1. The number of nitrogens with one attached hydrogen (secondary N) is 1. The summed E-state index contributed by atoms with van der Waals surface area (Å²) in [6.07, 6.45) is 0. The smallest absolute Gasteiger partial charge is 0.0640 e. The maximum atomic E-state index is 6.17. The van der Waals surface area contributed by atoms with E-state index in [1.807, 2.05) is 31.2 Å². The first kappa shape index (κ1) is 13.9. The van der Waals surface area contributed by atoms with Gasteiger partial charge in [0.15, 0.2) is 0 Å². The van der Waals surface area contributed by atoms with Crippen molar-refractivity contribution in [1.29, 1.82) is 0 Å². The largest absolute Gasteiger partial charge is 0.380 e. The van der Waals surface area contributed by atoms with Gasteiger partial charge in [-0.05, 0) is 74.2 Å². The molecule has 0 spiro atoms. The molecule has 0 aliphatic heterocycles. The average molecular weight is 390 g/mol. The number of hydrogen-bond acceptors (Lipinski definition) is 1. The zero-order chi connectivity index (χ0) is 13.1. The summed E-state index contributed by atoms with van der Waals surface area (Å²) >= 11 is 13.1. The molecule has 0 amide bonds. The molecule has 0 atom stereocenters. The predicted octanol–water partition coefficient (Wildman–Crippen LogP) is 5.79. The molecule has 1 nitrogen and oxygen atoms in total. The second-order valence-corrected chi connectivity index (χ2v) is 6.20. The van der Waals surface area contributed by atoms with Gasteiger partial charge in [0.2, 0.25) is 0 Å². The van der Waals surface area contributed by atoms with Gasteiger partial charge in [0, 0.05) is 15.5 Å². The van der Waals surface area contributed by atoms with Crippen molar-refractivity contribution in [1.82, 2.24) is 0 Å². The van der Waals surface area contributed by atoms with Gasteiger partial charge in [-0.15, -0.1) is 0 Å². The van der Waals surface area contributed by atoms with Crippen LogP contribution in [0.5, 0.6) is 0 Å². The minimum absolute atomic E-state index is 0.745. The van der Waals surface area contributed by atoms with Crippen LogP contribution in [0, 0.1) is 6.92 Å². The molecule has 2 aromatic rings. The van der Waals surface area contributed by atoms with Crippen molar-refractivity contribution in [2.45, 2.75) is 13.5 Å². The molecule has 0 aliphatic carbocycles. The molecule has 18 heavy (non-hydrogen) atoms. The van der Waals surface area contributed by atoms with Gasteiger partial charge in [-0.2, -0.15) is 0 Å². The van der Waals surface area contributed by atoms with Gasteiger partial charge in [0.25, 0.3) is 0 Å². The van der Waals surface area contributed by atoms with Gasteiger partial charge in [-0.3, -0.25) is 0 Å². The number of halogens is 3. The van der Waals surface area contributed by atoms with Crippen molar-refractivity contribution in [3.05, 3.63) is 61.5 Å². The fourth-order valence-electron chi connectivity index (χ4n) is 1.61. The Morgan fingerprint density at radius 3 is 2.50 bits per heavy atom. The van der Waals surface area contributed by atoms with Crippen LogP contribution in [0.1, 0.15) is 11.1 Å². The minimum atomic E-state index is 0.745. The van der Waals surface area contributed by atoms with E-state index in [0.29, 0.717) is 0 Å². The zero-order valence-electron chi connectivity index (χ0n) is 9.81. The topological polar surface area (TPSA) is 12.0 Å². The Morgan fingerprint density at radius 1 is 1.06 bits per heavy atom. The molecule has 0 heterocycles. The summed E-state index contributed by atoms with van der Waals surface area (Å²) in [7, 11) is 0. The van der Waals surface area contributed by atoms with E-state index in [-0.39, 0.29) is 0 Å². The lowest BCUT2D eigenvalue weighted by Gasteiger charge is -2.09. The third kappa shape index (κ3) is 3.50. The van der Waals surface area contributed by atoms with Crippen molar-refractivity contribution in [2.24, 2.45) is 0 Å². The normalized spacial score (nSPS) is 10.4. The summed E-state index contributed by atoms with van der Waals surface area (Å²) in [5.41, 5.74) is 3.32. The molecule has 0 saturated carbocycles. The minimum Gasteiger partial charge on any atom is -0.380 e. The van der Waals surface area contributed by atoms with E-state index in [0.717, 1.165) is 31.8 Å². The highest BCUT2D eigenvalue weighted by Gasteiger charge is 2.02. The number of hydrogen-bond donors (Lipinski definition) is 1. The summed E-state index contributed by atoms with van der Waals surface area (Å²) in [6, 6.07) is 12.2. The van der Waals surface area contributed by atoms with E-state index in [2.05, 4.69) is 49.3 Å². The van der Waals surface area contributed by atoms with E-state index in [9.17, 15) is 0 Å². The van der Waals surface area contributed by atoms with Gasteiger partial charge in [-0.25, -0.2) is 0 Å². The summed E-state index contributed by atoms with van der Waals surface area (Å²) in [4.78, 5) is 0. The molecular weight excluding hydrogens is 377 g/mol. The fraction of sp³-hybridized carbons (Fsp3) is 0.143. The first-order chi connectivity index (χ1) is 8.56. The van der Waals surface area contributed by atoms with Crippen LogP contribution in [-0.2, 0) is 6.54 Å². The Hall–Kier alpha value is -0.510. The van der Waals surface area contributed by atoms with Crippen molar-refractivity contribution in [2.75, 3.05) is 5.32 Å². The van der Waals surface area contributed by atoms with Crippen LogP contribution in [0.3, 0.4) is 0 Å². The molecule has 0 aromatic heterocycles. The highest BCUT2D eigenvalue weighted by atomic mass is 79.9. The van der Waals surface area contributed by atoms with E-state index in [1.54, 1.807) is 0 Å². The monoisotopic (exact) mass is 387 g/mol. The molecule has 94 valence electrons. The van der Waals surface area contributed by atoms with E-state index < -0.39 is 0 Å². The summed E-state index contributed by atoms with van der Waals surface area (Å²) < 4.78 is 2.11. The maximum absolute atomic E-state index is 6.17. The second-order valence-electron chi connectivity index (χ2n) is 4.09. The molecular formula is C14H12Br2ClN. The van der Waals surface area contributed by atoms with Crippen LogP contribution in [-0.4, -0.2) is 0 Å². The Kier molecular flexibility index (Phi) is 4.71. The Labute approximate surface area is 129 Å². The SMILES string of the molecule is Cc1ccc(NCc2ccc(Br)c(Br)c2)c(Cl)c1. The second kappa shape index (κ2) is 6.09. The molecule has 0 bridgehead atoms. The molecule has 2 aromatic carbocycles. The highest BCUT2D eigenvalue weighted by molar-refractivity contribution is 9.13. The van der Waals surface area contributed by atoms with Crippen LogP contribution in [0.15, 0.2) is 45.3 Å². The van der Waals surface area contributed by atoms with E-state index in [1.165, 1.54) is 5.56 Å². The quantitative estimate of drug-likeness (QED) is 0.701. The highest BCUT2D eigenvalue weighted by Crippen LogP contribution is 2.26. The first-order valence-corrected chi connectivity index (χ1v) is 7.46. The number of anilines is 1. The molecule has 0 fully saturated rings. The van der Waals surface area contributed by atoms with Crippen molar-refractivity contribution >= 4 is 49.1 Å². The van der Waals surface area contributed by atoms with Crippen molar-refractivity contribution < 1.29 is 0 Å². The van der Waals surface area contributed by atoms with Gasteiger partial charge >= 0.3 is 0 Å². The van der Waals surface area contributed by atoms with Crippen LogP contribution < -0.4 is 5.32 Å². The van der Waals surface area contributed by atoms with Crippen LogP contribution in [0.4, 0.5) is 5.69 Å². The summed E-state index contributed by atoms with van der Waals surface area (Å²) in [5.74, 6) is 0. The molecule has 0 radical (unpaired) electrons. The fourth-order valence-corrected chi connectivity index (χ4v) is 2.59. The molecule has 0 saturated heterocycles. The van der Waals surface area contributed by atoms with Gasteiger partial charge in [0.1, 0.15) is 0 Å². The van der Waals surface area contributed by atoms with Gasteiger partial charge < -0.3 is 5.32 Å². The number of benzene rings is 2. The lowest BCUT2D eigenvalue weighted by molar-refractivity contribution is 1.14. The Morgan fingerprint density at radius 2 is 1.83 bits per heavy atom. The third-order valence-corrected chi connectivity index (χ3v) is 4.78. The molecule has 2 rings (SSSR count). The van der Waals surface area contributed by atoms with Crippen LogP contribution in [0.25, 0.3) is 0 Å². The standard InChI is InChI=1S/C14H12Br2ClN/c1-9-2-5-14(13(17)6-9)18-8-10-3-4-11(15)12(16)7-10/h2-7,18H,8H2,1H3. The third-order valence-electron chi connectivity index (χ3n) is 2.59. The molecule has 0 aliphatic rings. The Bertz CT molecular complexity index is 570. The molecule has 1 N–H and O–H groups in total. The van der Waals surface area contributed by atoms with Gasteiger partial charge in [0.05, 0.1) is 10.7 Å². The van der Waals surface area contributed by atoms with E-state index >= 15 is 0 Å². The Balaban J connectivity index is 2.09. The predicted molar refractivity (Wildman–Crippen MR) is 85.4 cm³/mol.